The van der Waals surface area contributed by atoms with Gasteiger partial charge in [-0.15, -0.1) is 0 Å². The summed E-state index contributed by atoms with van der Waals surface area (Å²) in [6, 6.07) is 20.9. The summed E-state index contributed by atoms with van der Waals surface area (Å²) in [6.45, 7) is 6.03. The van der Waals surface area contributed by atoms with Crippen LogP contribution in [0.25, 0.3) is 32.8 Å². The summed E-state index contributed by atoms with van der Waals surface area (Å²) in [5.74, 6) is -0.767. The largest absolute Gasteiger partial charge is 0.507 e. The van der Waals surface area contributed by atoms with E-state index in [1.807, 2.05) is 48.5 Å². The first kappa shape index (κ1) is 31.2. The minimum Gasteiger partial charge on any atom is -0.507 e. The molecular formula is C39H35NO7. The number of carbonyl (C=O) groups is 2. The average Bonchev–Trinajstić information content (AvgIpc) is 3.39. The molecule has 0 bridgehead atoms. The van der Waals surface area contributed by atoms with Gasteiger partial charge in [-0.2, -0.15) is 0 Å². The van der Waals surface area contributed by atoms with E-state index in [2.05, 4.69) is 11.1 Å². The fourth-order valence-corrected chi connectivity index (χ4v) is 6.33. The first-order valence-electron chi connectivity index (χ1n) is 15.2. The van der Waals surface area contributed by atoms with Crippen molar-refractivity contribution in [1.29, 1.82) is 0 Å². The topological polar surface area (TPSA) is 140 Å². The SMILES string of the molecule is COc1ccc2cc(-c3ccc4c(Cc5c(O)c(C)cc(C(C)=O)c5O)c(Cc5c(O)c(C)cc(C(C)=O)c5O)[nH]c4c3)ccc2c1. The fourth-order valence-electron chi connectivity index (χ4n) is 6.33. The number of benzene rings is 5. The first-order chi connectivity index (χ1) is 22.4. The van der Waals surface area contributed by atoms with Gasteiger partial charge in [-0.3, -0.25) is 9.59 Å². The minimum absolute atomic E-state index is 0.0175. The zero-order valence-electron chi connectivity index (χ0n) is 26.8. The van der Waals surface area contributed by atoms with Crippen molar-refractivity contribution in [2.45, 2.75) is 40.5 Å². The Bertz CT molecular complexity index is 2260. The Hall–Kier alpha value is -5.76. The van der Waals surface area contributed by atoms with Gasteiger partial charge in [0.05, 0.1) is 18.2 Å². The van der Waals surface area contributed by atoms with E-state index in [0.717, 1.165) is 38.6 Å². The summed E-state index contributed by atoms with van der Waals surface area (Å²) >= 11 is 0. The van der Waals surface area contributed by atoms with Crippen LogP contribution in [-0.4, -0.2) is 44.1 Å². The summed E-state index contributed by atoms with van der Waals surface area (Å²) < 4.78 is 5.36. The number of phenols is 4. The molecule has 0 aliphatic carbocycles. The van der Waals surface area contributed by atoms with Crippen molar-refractivity contribution >= 4 is 33.2 Å². The van der Waals surface area contributed by atoms with Gasteiger partial charge in [-0.05, 0) is 103 Å². The molecule has 6 aromatic rings. The monoisotopic (exact) mass is 629 g/mol. The summed E-state index contributed by atoms with van der Waals surface area (Å²) in [6.07, 6.45) is 0.0582. The lowest BCUT2D eigenvalue weighted by molar-refractivity contribution is 0.100. The van der Waals surface area contributed by atoms with Gasteiger partial charge in [0.1, 0.15) is 28.7 Å². The second kappa shape index (κ2) is 11.9. The third kappa shape index (κ3) is 5.52. The fraction of sp³-hybridized carbons (Fsp3) is 0.179. The van der Waals surface area contributed by atoms with E-state index >= 15 is 0 Å². The lowest BCUT2D eigenvalue weighted by Crippen LogP contribution is -2.03. The van der Waals surface area contributed by atoms with E-state index in [-0.39, 0.29) is 69.7 Å². The molecule has 0 atom stereocenters. The maximum Gasteiger partial charge on any atom is 0.163 e. The van der Waals surface area contributed by atoms with Crippen LogP contribution in [0, 0.1) is 13.8 Å². The summed E-state index contributed by atoms with van der Waals surface area (Å²) in [5.41, 5.74) is 5.42. The van der Waals surface area contributed by atoms with Gasteiger partial charge >= 0.3 is 0 Å². The smallest absolute Gasteiger partial charge is 0.163 e. The Morgan fingerprint density at radius 1 is 0.638 bits per heavy atom. The molecule has 0 aliphatic heterocycles. The molecule has 0 spiro atoms. The van der Waals surface area contributed by atoms with Crippen molar-refractivity contribution in [2.24, 2.45) is 0 Å². The zero-order valence-corrected chi connectivity index (χ0v) is 26.8. The number of aromatic amines is 1. The molecule has 0 unspecified atom stereocenters. The van der Waals surface area contributed by atoms with Crippen LogP contribution in [0.1, 0.15) is 68.1 Å². The Morgan fingerprint density at radius 2 is 1.17 bits per heavy atom. The van der Waals surface area contributed by atoms with Crippen molar-refractivity contribution in [3.63, 3.8) is 0 Å². The van der Waals surface area contributed by atoms with Crippen LogP contribution in [0.4, 0.5) is 0 Å². The van der Waals surface area contributed by atoms with Gasteiger partial charge in [0.15, 0.2) is 11.6 Å². The van der Waals surface area contributed by atoms with Crippen molar-refractivity contribution in [3.05, 3.63) is 111 Å². The molecular weight excluding hydrogens is 594 g/mol. The highest BCUT2D eigenvalue weighted by molar-refractivity contribution is 5.99. The van der Waals surface area contributed by atoms with Crippen LogP contribution in [0.15, 0.2) is 66.7 Å². The highest BCUT2D eigenvalue weighted by Crippen LogP contribution is 2.41. The molecule has 0 radical (unpaired) electrons. The van der Waals surface area contributed by atoms with E-state index in [4.69, 9.17) is 4.74 Å². The van der Waals surface area contributed by atoms with Crippen LogP contribution in [0.3, 0.4) is 0 Å². The van der Waals surface area contributed by atoms with Gasteiger partial charge in [-0.1, -0.05) is 30.3 Å². The number of rotatable bonds is 8. The van der Waals surface area contributed by atoms with E-state index in [1.165, 1.54) is 26.0 Å². The van der Waals surface area contributed by atoms with E-state index < -0.39 is 0 Å². The van der Waals surface area contributed by atoms with E-state index in [9.17, 15) is 30.0 Å². The number of ether oxygens (including phenoxy) is 1. The van der Waals surface area contributed by atoms with Gasteiger partial charge < -0.3 is 30.1 Å². The molecule has 0 aliphatic rings. The number of H-pyrrole nitrogens is 1. The maximum absolute atomic E-state index is 12.3. The predicted molar refractivity (Wildman–Crippen MR) is 182 cm³/mol. The second-order valence-corrected chi connectivity index (χ2v) is 12.1. The highest BCUT2D eigenvalue weighted by Gasteiger charge is 2.24. The summed E-state index contributed by atoms with van der Waals surface area (Å²) in [5, 5.41) is 47.2. The van der Waals surface area contributed by atoms with E-state index in [1.54, 1.807) is 21.0 Å². The molecule has 238 valence electrons. The standard InChI is InChI=1S/C39H35NO7/c1-19-12-29(21(3)41)38(45)32(36(19)43)17-31-28-11-9-26(23-6-7-25-15-27(47-5)10-8-24(25)14-23)16-34(28)40-35(31)18-33-37(44)20(2)13-30(22(4)42)39(33)46/h6-16,40,43-46H,17-18H2,1-5H3. The molecule has 0 saturated heterocycles. The molecule has 6 rings (SSSR count). The summed E-state index contributed by atoms with van der Waals surface area (Å²) in [4.78, 5) is 28.1. The Labute approximate surface area is 271 Å². The molecule has 1 aromatic heterocycles. The third-order valence-corrected chi connectivity index (χ3v) is 8.96. The molecule has 47 heavy (non-hydrogen) atoms. The lowest BCUT2D eigenvalue weighted by atomic mass is 9.92. The number of hydrogen-bond acceptors (Lipinski definition) is 7. The molecule has 8 heteroatoms. The minimum atomic E-state index is -0.339. The van der Waals surface area contributed by atoms with E-state index in [0.29, 0.717) is 22.4 Å². The van der Waals surface area contributed by atoms with Crippen molar-refractivity contribution in [2.75, 3.05) is 7.11 Å². The lowest BCUT2D eigenvalue weighted by Gasteiger charge is -2.15. The average molecular weight is 630 g/mol. The number of methoxy groups -OCH3 is 1. The van der Waals surface area contributed by atoms with Gasteiger partial charge in [0.25, 0.3) is 0 Å². The van der Waals surface area contributed by atoms with Crippen molar-refractivity contribution in [3.8, 4) is 39.9 Å². The van der Waals surface area contributed by atoms with Crippen LogP contribution in [0.2, 0.25) is 0 Å². The quantitative estimate of drug-likeness (QED) is 0.107. The van der Waals surface area contributed by atoms with Gasteiger partial charge in [-0.25, -0.2) is 0 Å². The molecule has 1 heterocycles. The zero-order chi connectivity index (χ0) is 33.7. The summed E-state index contributed by atoms with van der Waals surface area (Å²) in [7, 11) is 1.64. The number of carbonyl (C=O) groups excluding carboxylic acids is 2. The molecule has 0 amide bonds. The molecule has 0 fully saturated rings. The number of fused-ring (bicyclic) bond motifs is 2. The van der Waals surface area contributed by atoms with Crippen LogP contribution >= 0.6 is 0 Å². The molecule has 5 aromatic carbocycles. The van der Waals surface area contributed by atoms with Crippen LogP contribution < -0.4 is 4.74 Å². The van der Waals surface area contributed by atoms with Crippen LogP contribution in [-0.2, 0) is 12.8 Å². The number of phenolic OH excluding ortho intramolecular Hbond substituents is 4. The van der Waals surface area contributed by atoms with Crippen LogP contribution in [0.5, 0.6) is 28.7 Å². The second-order valence-electron chi connectivity index (χ2n) is 12.1. The number of ketones is 2. The molecule has 5 N–H and O–H groups in total. The number of hydrogen-bond donors (Lipinski definition) is 5. The van der Waals surface area contributed by atoms with Crippen molar-refractivity contribution in [1.82, 2.24) is 4.98 Å². The number of Topliss-reactive ketones (excluding diaryl/α,β-unsaturated/α-hetero) is 2. The number of aromatic hydroxyl groups is 4. The number of nitrogens with one attached hydrogen (secondary N) is 1. The predicted octanol–water partition coefficient (Wildman–Crippen LogP) is 8.02. The maximum atomic E-state index is 12.3. The third-order valence-electron chi connectivity index (χ3n) is 8.96. The normalized spacial score (nSPS) is 11.3. The number of aromatic nitrogens is 1. The Balaban J connectivity index is 1.54. The molecule has 0 saturated carbocycles. The Kier molecular flexibility index (Phi) is 7.89. The van der Waals surface area contributed by atoms with Gasteiger partial charge in [0.2, 0.25) is 0 Å². The number of aryl methyl sites for hydroxylation is 2. The first-order valence-corrected chi connectivity index (χ1v) is 15.2. The van der Waals surface area contributed by atoms with Crippen molar-refractivity contribution < 1.29 is 34.8 Å². The van der Waals surface area contributed by atoms with Gasteiger partial charge in [0, 0.05) is 40.6 Å². The molecule has 8 nitrogen and oxygen atoms in total. The Morgan fingerprint density at radius 3 is 1.77 bits per heavy atom. The highest BCUT2D eigenvalue weighted by atomic mass is 16.5.